The van der Waals surface area contributed by atoms with Crippen LogP contribution in [0.25, 0.3) is 0 Å². The normalized spacial score (nSPS) is 15.1. The molecule has 0 bridgehead atoms. The second-order valence-corrected chi connectivity index (χ2v) is 7.94. The molecular formula is C23H27N5O. The van der Waals surface area contributed by atoms with Crippen LogP contribution in [0.3, 0.4) is 0 Å². The maximum atomic E-state index is 13.0. The average molecular weight is 390 g/mol. The molecule has 1 aromatic carbocycles. The number of pyridine rings is 1. The summed E-state index contributed by atoms with van der Waals surface area (Å²) in [6.07, 6.45) is 3.56. The van der Waals surface area contributed by atoms with E-state index < -0.39 is 0 Å². The van der Waals surface area contributed by atoms with Crippen LogP contribution in [0.1, 0.15) is 45.7 Å². The highest BCUT2D eigenvalue weighted by molar-refractivity contribution is 5.76. The van der Waals surface area contributed by atoms with Crippen molar-refractivity contribution < 1.29 is 4.79 Å². The Morgan fingerprint density at radius 2 is 1.86 bits per heavy atom. The lowest BCUT2D eigenvalue weighted by molar-refractivity contribution is 0.115. The molecule has 0 spiro atoms. The summed E-state index contributed by atoms with van der Waals surface area (Å²) in [5.41, 5.74) is 6.62. The van der Waals surface area contributed by atoms with E-state index in [1.54, 1.807) is 6.20 Å². The lowest BCUT2D eigenvalue weighted by Crippen LogP contribution is -2.55. The Kier molecular flexibility index (Phi) is 5.09. The molecule has 1 fully saturated rings. The smallest absolute Gasteiger partial charge is 0.318 e. The maximum Gasteiger partial charge on any atom is 0.318 e. The molecule has 1 atom stereocenters. The van der Waals surface area contributed by atoms with Gasteiger partial charge in [-0.2, -0.15) is 5.10 Å². The number of likely N-dealkylation sites (tertiary alicyclic amines) is 1. The lowest BCUT2D eigenvalue weighted by atomic mass is 9.96. The molecule has 0 radical (unpaired) electrons. The first-order valence-electron chi connectivity index (χ1n) is 9.97. The highest BCUT2D eigenvalue weighted by atomic mass is 16.2. The molecule has 6 heteroatoms. The summed E-state index contributed by atoms with van der Waals surface area (Å²) in [7, 11) is 0. The van der Waals surface area contributed by atoms with Crippen LogP contribution in [0.4, 0.5) is 4.79 Å². The van der Waals surface area contributed by atoms with Gasteiger partial charge in [0.1, 0.15) is 0 Å². The van der Waals surface area contributed by atoms with Crippen LogP contribution in [0, 0.1) is 27.7 Å². The van der Waals surface area contributed by atoms with Crippen LogP contribution in [0.2, 0.25) is 0 Å². The lowest BCUT2D eigenvalue weighted by Gasteiger charge is -2.40. The number of urea groups is 1. The van der Waals surface area contributed by atoms with E-state index in [2.05, 4.69) is 60.4 Å². The first kappa shape index (κ1) is 19.2. The van der Waals surface area contributed by atoms with Gasteiger partial charge in [0, 0.05) is 31.2 Å². The summed E-state index contributed by atoms with van der Waals surface area (Å²) in [4.78, 5) is 19.0. The van der Waals surface area contributed by atoms with Crippen molar-refractivity contribution in [1.29, 1.82) is 0 Å². The minimum atomic E-state index is -0.233. The van der Waals surface area contributed by atoms with E-state index in [1.165, 1.54) is 11.1 Å². The number of nitrogens with one attached hydrogen (secondary N) is 1. The molecule has 3 aromatic rings. The van der Waals surface area contributed by atoms with Crippen molar-refractivity contribution in [2.45, 2.75) is 39.8 Å². The third-order valence-corrected chi connectivity index (χ3v) is 5.69. The number of amides is 2. The number of nitrogens with zero attached hydrogens (tertiary/aromatic N) is 4. The van der Waals surface area contributed by atoms with Crippen molar-refractivity contribution in [2.24, 2.45) is 0 Å². The van der Waals surface area contributed by atoms with Crippen molar-refractivity contribution in [3.05, 3.63) is 82.4 Å². The van der Waals surface area contributed by atoms with E-state index in [4.69, 9.17) is 0 Å². The Morgan fingerprint density at radius 1 is 1.07 bits per heavy atom. The zero-order valence-electron chi connectivity index (χ0n) is 17.4. The second-order valence-electron chi connectivity index (χ2n) is 7.94. The Balaban J connectivity index is 1.50. The first-order chi connectivity index (χ1) is 13.9. The van der Waals surface area contributed by atoms with Crippen LogP contribution < -0.4 is 5.32 Å². The topological polar surface area (TPSA) is 63.1 Å². The quantitative estimate of drug-likeness (QED) is 0.737. The van der Waals surface area contributed by atoms with Gasteiger partial charge in [0.15, 0.2) is 0 Å². The van der Waals surface area contributed by atoms with E-state index in [9.17, 15) is 4.79 Å². The van der Waals surface area contributed by atoms with E-state index >= 15 is 0 Å². The van der Waals surface area contributed by atoms with Gasteiger partial charge in [0.05, 0.1) is 17.8 Å². The minimum Gasteiger partial charge on any atom is -0.327 e. The summed E-state index contributed by atoms with van der Waals surface area (Å²) < 4.78 is 2.03. The van der Waals surface area contributed by atoms with Gasteiger partial charge in [-0.05, 0) is 62.1 Å². The summed E-state index contributed by atoms with van der Waals surface area (Å²) in [6, 6.07) is 12.2. The molecule has 0 aliphatic carbocycles. The molecule has 1 aliphatic heterocycles. The van der Waals surface area contributed by atoms with Gasteiger partial charge in [0.2, 0.25) is 0 Å². The first-order valence-corrected chi connectivity index (χ1v) is 9.97. The molecule has 1 aliphatic rings. The second kappa shape index (κ2) is 7.70. The Bertz CT molecular complexity index is 1020. The van der Waals surface area contributed by atoms with E-state index in [0.29, 0.717) is 13.1 Å². The Hall–Kier alpha value is -3.15. The van der Waals surface area contributed by atoms with Gasteiger partial charge in [-0.1, -0.05) is 24.3 Å². The summed E-state index contributed by atoms with van der Waals surface area (Å²) >= 11 is 0. The molecule has 6 nitrogen and oxygen atoms in total. The monoisotopic (exact) mass is 389 g/mol. The molecule has 0 unspecified atom stereocenters. The van der Waals surface area contributed by atoms with Crippen LogP contribution in [-0.2, 0) is 0 Å². The summed E-state index contributed by atoms with van der Waals surface area (Å²) in [6.45, 7) is 9.57. The number of rotatable bonds is 4. The third-order valence-electron chi connectivity index (χ3n) is 5.69. The van der Waals surface area contributed by atoms with Gasteiger partial charge < -0.3 is 10.2 Å². The minimum absolute atomic E-state index is 0.0603. The van der Waals surface area contributed by atoms with Crippen molar-refractivity contribution in [1.82, 2.24) is 25.0 Å². The van der Waals surface area contributed by atoms with Gasteiger partial charge in [0.25, 0.3) is 0 Å². The fraction of sp³-hybridized carbons (Fsp3) is 0.348. The molecule has 1 N–H and O–H groups in total. The number of benzene rings is 1. The van der Waals surface area contributed by atoms with Crippen LogP contribution >= 0.6 is 0 Å². The van der Waals surface area contributed by atoms with E-state index in [-0.39, 0.29) is 18.1 Å². The number of aromatic nitrogens is 3. The predicted molar refractivity (Wildman–Crippen MR) is 113 cm³/mol. The number of hydrogen-bond donors (Lipinski definition) is 1. The number of aryl methyl sites for hydroxylation is 4. The van der Waals surface area contributed by atoms with Gasteiger partial charge in [-0.15, -0.1) is 0 Å². The molecule has 3 heterocycles. The van der Waals surface area contributed by atoms with E-state index in [0.717, 1.165) is 22.5 Å². The standard InChI is InChI=1S/C23H27N5O/c1-15-7-8-19(10-16(15)2)22(20-6-5-9-24-12-20)25-23(29)27-13-21(14-27)28-18(4)11-17(3)26-28/h5-12,21-22H,13-14H2,1-4H3,(H,25,29)/t22-/m1/s1. The third kappa shape index (κ3) is 3.88. The Morgan fingerprint density at radius 3 is 2.48 bits per heavy atom. The van der Waals surface area contributed by atoms with Gasteiger partial charge >= 0.3 is 6.03 Å². The zero-order chi connectivity index (χ0) is 20.5. The number of carbonyl (C=O) groups excluding carboxylic acids is 1. The number of hydrogen-bond acceptors (Lipinski definition) is 3. The average Bonchev–Trinajstić information content (AvgIpc) is 2.99. The van der Waals surface area contributed by atoms with Crippen molar-refractivity contribution >= 4 is 6.03 Å². The fourth-order valence-electron chi connectivity index (χ4n) is 3.86. The molecular weight excluding hydrogens is 362 g/mol. The molecule has 29 heavy (non-hydrogen) atoms. The maximum absolute atomic E-state index is 13.0. The summed E-state index contributed by atoms with van der Waals surface area (Å²) in [5, 5.41) is 7.76. The van der Waals surface area contributed by atoms with Gasteiger partial charge in [-0.3, -0.25) is 9.67 Å². The van der Waals surface area contributed by atoms with E-state index in [1.807, 2.05) is 34.8 Å². The van der Waals surface area contributed by atoms with Crippen LogP contribution in [-0.4, -0.2) is 38.8 Å². The van der Waals surface area contributed by atoms with Crippen molar-refractivity contribution in [2.75, 3.05) is 13.1 Å². The van der Waals surface area contributed by atoms with Crippen LogP contribution in [0.5, 0.6) is 0 Å². The highest BCUT2D eigenvalue weighted by Crippen LogP contribution is 2.27. The fourth-order valence-corrected chi connectivity index (χ4v) is 3.86. The molecule has 2 aromatic heterocycles. The SMILES string of the molecule is Cc1cc(C)n(C2CN(C(=O)N[C@@H](c3cccnc3)c3ccc(C)c(C)c3)C2)n1. The Labute approximate surface area is 171 Å². The largest absolute Gasteiger partial charge is 0.327 e. The molecule has 2 amide bonds. The molecule has 0 saturated carbocycles. The number of carbonyl (C=O) groups is 1. The molecule has 1 saturated heterocycles. The zero-order valence-corrected chi connectivity index (χ0v) is 17.4. The molecule has 4 rings (SSSR count). The van der Waals surface area contributed by atoms with Crippen LogP contribution in [0.15, 0.2) is 48.8 Å². The molecule has 150 valence electrons. The summed E-state index contributed by atoms with van der Waals surface area (Å²) in [5.74, 6) is 0. The van der Waals surface area contributed by atoms with Crippen molar-refractivity contribution in [3.8, 4) is 0 Å². The van der Waals surface area contributed by atoms with Gasteiger partial charge in [-0.25, -0.2) is 4.79 Å². The van der Waals surface area contributed by atoms with Crippen molar-refractivity contribution in [3.63, 3.8) is 0 Å². The predicted octanol–water partition coefficient (Wildman–Crippen LogP) is 3.87. The highest BCUT2D eigenvalue weighted by Gasteiger charge is 2.34.